The molecule has 0 spiro atoms. The fourth-order valence-corrected chi connectivity index (χ4v) is 3.60. The van der Waals surface area contributed by atoms with E-state index in [0.717, 1.165) is 38.9 Å². The maximum Gasteiger partial charge on any atom is 0.0351 e. The molecule has 2 nitrogen and oxygen atoms in total. The molecular weight excluding hydrogens is 533 g/mol. The summed E-state index contributed by atoms with van der Waals surface area (Å²) in [6, 6.07) is 32.4. The first-order chi connectivity index (χ1) is 13.9. The minimum atomic E-state index is 0. The largest absolute Gasteiger partial charge is 0.304 e. The Balaban J connectivity index is 0.00000205. The van der Waals surface area contributed by atoms with Crippen molar-refractivity contribution in [3.63, 3.8) is 0 Å². The zero-order valence-corrected chi connectivity index (χ0v) is 17.9. The molecule has 2 aromatic heterocycles. The molecule has 5 rings (SSSR count). The fraction of sp³-hybridized carbons (Fsp3) is 0. The molecule has 29 heavy (non-hydrogen) atoms. The average molecular weight is 550 g/mol. The molecule has 0 aliphatic rings. The molecule has 1 radical (unpaired) electrons. The normalized spacial score (nSPS) is 10.5. The van der Waals surface area contributed by atoms with Gasteiger partial charge in [0.25, 0.3) is 0 Å². The van der Waals surface area contributed by atoms with E-state index in [0.29, 0.717) is 0 Å². The van der Waals surface area contributed by atoms with Gasteiger partial charge in [0.2, 0.25) is 0 Å². The molecule has 0 aliphatic heterocycles. The van der Waals surface area contributed by atoms with Crippen LogP contribution in [0.2, 0.25) is 0 Å². The number of pyridine rings is 2. The molecule has 141 valence electrons. The van der Waals surface area contributed by atoms with Gasteiger partial charge in [-0.2, -0.15) is 0 Å². The van der Waals surface area contributed by atoms with Crippen molar-refractivity contribution in [3.8, 4) is 33.5 Å². The molecule has 0 unspecified atom stereocenters. The number of benzene rings is 3. The zero-order chi connectivity index (χ0) is 18.8. The second kappa shape index (κ2) is 8.48. The van der Waals surface area contributed by atoms with Crippen molar-refractivity contribution in [2.24, 2.45) is 0 Å². The Morgan fingerprint density at radius 3 is 2.41 bits per heavy atom. The Labute approximate surface area is 183 Å². The number of nitrogens with zero attached hydrogens (tertiary/aromatic N) is 2. The summed E-state index contributed by atoms with van der Waals surface area (Å²) in [6.45, 7) is 0. The van der Waals surface area contributed by atoms with E-state index in [1.807, 2.05) is 42.9 Å². The summed E-state index contributed by atoms with van der Waals surface area (Å²) in [5.74, 6) is 0. The molecule has 0 atom stereocenters. The van der Waals surface area contributed by atoms with Crippen molar-refractivity contribution >= 4 is 10.8 Å². The molecular formula is C26H17IrN2-. The van der Waals surface area contributed by atoms with Crippen LogP contribution in [0.1, 0.15) is 0 Å². The van der Waals surface area contributed by atoms with Crippen LogP contribution in [0.5, 0.6) is 0 Å². The van der Waals surface area contributed by atoms with Gasteiger partial charge in [-0.1, -0.05) is 54.6 Å². The summed E-state index contributed by atoms with van der Waals surface area (Å²) in [6.07, 6.45) is 5.63. The number of hydrogen-bond donors (Lipinski definition) is 0. The van der Waals surface area contributed by atoms with Crippen molar-refractivity contribution in [3.05, 3.63) is 110 Å². The molecule has 0 N–H and O–H groups in total. The Bertz CT molecular complexity index is 1260. The molecule has 0 saturated heterocycles. The first-order valence-corrected chi connectivity index (χ1v) is 9.26. The Morgan fingerprint density at radius 1 is 0.690 bits per heavy atom. The van der Waals surface area contributed by atoms with E-state index in [2.05, 4.69) is 76.7 Å². The third kappa shape index (κ3) is 3.75. The summed E-state index contributed by atoms with van der Waals surface area (Å²) in [7, 11) is 0. The van der Waals surface area contributed by atoms with Crippen LogP contribution in [-0.2, 0) is 20.1 Å². The van der Waals surface area contributed by atoms with Gasteiger partial charge in [0.05, 0.1) is 0 Å². The van der Waals surface area contributed by atoms with Crippen LogP contribution < -0.4 is 0 Å². The molecule has 0 aliphatic carbocycles. The molecule has 5 aromatic rings. The fourth-order valence-electron chi connectivity index (χ4n) is 3.60. The number of fused-ring (bicyclic) bond motifs is 1. The Morgan fingerprint density at radius 2 is 1.52 bits per heavy atom. The Kier molecular flexibility index (Phi) is 5.62. The van der Waals surface area contributed by atoms with Gasteiger partial charge in [-0.3, -0.25) is 4.98 Å². The standard InChI is InChI=1S/C26H17N2.Ir/c1-2-7-19(8-3-1)25-18-27-15-14-23(25)21-10-6-11-22(17-21)26-24-12-5-4-9-20(24)13-16-28-26;/h1-10,12-18H;/q-1;. The zero-order valence-electron chi connectivity index (χ0n) is 15.5. The van der Waals surface area contributed by atoms with Crippen LogP contribution in [0.25, 0.3) is 44.3 Å². The van der Waals surface area contributed by atoms with Crippen molar-refractivity contribution in [1.29, 1.82) is 0 Å². The van der Waals surface area contributed by atoms with Gasteiger partial charge in [-0.05, 0) is 39.7 Å². The maximum absolute atomic E-state index is 4.65. The van der Waals surface area contributed by atoms with E-state index in [9.17, 15) is 0 Å². The molecule has 0 amide bonds. The molecule has 0 bridgehead atoms. The minimum Gasteiger partial charge on any atom is -0.304 e. The van der Waals surface area contributed by atoms with E-state index >= 15 is 0 Å². The first-order valence-electron chi connectivity index (χ1n) is 9.26. The molecule has 2 heterocycles. The van der Waals surface area contributed by atoms with Gasteiger partial charge in [0.15, 0.2) is 0 Å². The minimum absolute atomic E-state index is 0. The van der Waals surface area contributed by atoms with Gasteiger partial charge in [0, 0.05) is 44.3 Å². The summed E-state index contributed by atoms with van der Waals surface area (Å²) >= 11 is 0. The summed E-state index contributed by atoms with van der Waals surface area (Å²) in [4.78, 5) is 9.00. The molecule has 0 fully saturated rings. The monoisotopic (exact) mass is 550 g/mol. The molecule has 3 aromatic carbocycles. The van der Waals surface area contributed by atoms with Crippen LogP contribution in [0.15, 0.2) is 104 Å². The molecule has 3 heteroatoms. The third-order valence-electron chi connectivity index (χ3n) is 4.95. The van der Waals surface area contributed by atoms with Gasteiger partial charge in [-0.25, -0.2) is 0 Å². The van der Waals surface area contributed by atoms with Gasteiger partial charge >= 0.3 is 0 Å². The van der Waals surface area contributed by atoms with E-state index in [1.54, 1.807) is 0 Å². The summed E-state index contributed by atoms with van der Waals surface area (Å²) < 4.78 is 0. The maximum atomic E-state index is 4.65. The van der Waals surface area contributed by atoms with Crippen LogP contribution in [0, 0.1) is 6.07 Å². The van der Waals surface area contributed by atoms with Crippen LogP contribution >= 0.6 is 0 Å². The number of hydrogen-bond acceptors (Lipinski definition) is 2. The predicted octanol–water partition coefficient (Wildman–Crippen LogP) is 6.43. The van der Waals surface area contributed by atoms with Crippen LogP contribution in [0.4, 0.5) is 0 Å². The van der Waals surface area contributed by atoms with Crippen molar-refractivity contribution in [2.45, 2.75) is 0 Å². The van der Waals surface area contributed by atoms with E-state index in [4.69, 9.17) is 0 Å². The summed E-state index contributed by atoms with van der Waals surface area (Å²) in [5.41, 5.74) is 6.50. The second-order valence-corrected chi connectivity index (χ2v) is 6.66. The molecule has 0 saturated carbocycles. The number of aromatic nitrogens is 2. The number of rotatable bonds is 3. The topological polar surface area (TPSA) is 25.8 Å². The van der Waals surface area contributed by atoms with Crippen LogP contribution in [0.3, 0.4) is 0 Å². The van der Waals surface area contributed by atoms with Gasteiger partial charge in [-0.15, -0.1) is 35.4 Å². The SMILES string of the molecule is [Ir].[c-]1ccc(-c2ccncc2-c2ccccc2)cc1-c1nccc2ccccc12. The smallest absolute Gasteiger partial charge is 0.0351 e. The van der Waals surface area contributed by atoms with Crippen LogP contribution in [-0.4, -0.2) is 9.97 Å². The average Bonchev–Trinajstić information content (AvgIpc) is 2.79. The van der Waals surface area contributed by atoms with Crippen molar-refractivity contribution in [1.82, 2.24) is 9.97 Å². The van der Waals surface area contributed by atoms with Gasteiger partial charge < -0.3 is 4.98 Å². The summed E-state index contributed by atoms with van der Waals surface area (Å²) in [5, 5.41) is 2.32. The van der Waals surface area contributed by atoms with E-state index in [-0.39, 0.29) is 20.1 Å². The first kappa shape index (κ1) is 19.2. The Hall–Kier alpha value is -3.13. The van der Waals surface area contributed by atoms with E-state index in [1.165, 1.54) is 5.39 Å². The second-order valence-electron chi connectivity index (χ2n) is 6.66. The van der Waals surface area contributed by atoms with Crippen molar-refractivity contribution in [2.75, 3.05) is 0 Å². The quantitative estimate of drug-likeness (QED) is 0.243. The van der Waals surface area contributed by atoms with Crippen molar-refractivity contribution < 1.29 is 20.1 Å². The van der Waals surface area contributed by atoms with Gasteiger partial charge in [0.1, 0.15) is 0 Å². The van der Waals surface area contributed by atoms with E-state index < -0.39 is 0 Å². The third-order valence-corrected chi connectivity index (χ3v) is 4.95. The predicted molar refractivity (Wildman–Crippen MR) is 115 cm³/mol.